The molecule has 0 aliphatic carbocycles. The van der Waals surface area contributed by atoms with Gasteiger partial charge in [0.1, 0.15) is 5.82 Å². The molecule has 2 aromatic rings. The number of amides is 1. The van der Waals surface area contributed by atoms with E-state index in [2.05, 4.69) is 25.9 Å². The molecule has 0 bridgehead atoms. The zero-order valence-electron chi connectivity index (χ0n) is 18.0. The van der Waals surface area contributed by atoms with E-state index in [4.69, 9.17) is 0 Å². The standard InChI is InChI=1S/C23H34FN3O/c1-6-7-8-13-26(16-20-9-11-21(24)12-10-20)23(28)14-22-18(4)25-27(19(22)5)15-17(2)3/h9-12,17H,6-8,13-16H2,1-5H3. The molecule has 0 unspecified atom stereocenters. The van der Waals surface area contributed by atoms with Gasteiger partial charge in [0.2, 0.25) is 5.91 Å². The molecule has 0 spiro atoms. The maximum absolute atomic E-state index is 13.2. The highest BCUT2D eigenvalue weighted by molar-refractivity contribution is 5.79. The molecular formula is C23H34FN3O. The molecule has 0 aliphatic rings. The molecule has 0 atom stereocenters. The largest absolute Gasteiger partial charge is 0.338 e. The first-order chi connectivity index (χ1) is 13.3. The van der Waals surface area contributed by atoms with E-state index in [-0.39, 0.29) is 11.7 Å². The van der Waals surface area contributed by atoms with Gasteiger partial charge in [0.05, 0.1) is 12.1 Å². The fourth-order valence-electron chi connectivity index (χ4n) is 3.43. The third-order valence-electron chi connectivity index (χ3n) is 5.07. The molecule has 0 fully saturated rings. The van der Waals surface area contributed by atoms with Crippen LogP contribution in [-0.2, 0) is 24.3 Å². The minimum absolute atomic E-state index is 0.107. The quantitative estimate of drug-likeness (QED) is 0.535. The molecule has 5 heteroatoms. The van der Waals surface area contributed by atoms with Crippen LogP contribution in [0.25, 0.3) is 0 Å². The summed E-state index contributed by atoms with van der Waals surface area (Å²) in [6, 6.07) is 6.42. The topological polar surface area (TPSA) is 38.1 Å². The van der Waals surface area contributed by atoms with Crippen molar-refractivity contribution in [2.24, 2.45) is 5.92 Å². The first-order valence-corrected chi connectivity index (χ1v) is 10.4. The van der Waals surface area contributed by atoms with Crippen molar-refractivity contribution in [2.75, 3.05) is 6.54 Å². The monoisotopic (exact) mass is 387 g/mol. The molecular weight excluding hydrogens is 353 g/mol. The van der Waals surface area contributed by atoms with Gasteiger partial charge in [-0.25, -0.2) is 4.39 Å². The van der Waals surface area contributed by atoms with Crippen molar-refractivity contribution in [3.8, 4) is 0 Å². The second-order valence-corrected chi connectivity index (χ2v) is 8.05. The smallest absolute Gasteiger partial charge is 0.227 e. The molecule has 4 nitrogen and oxygen atoms in total. The van der Waals surface area contributed by atoms with E-state index in [1.54, 1.807) is 12.1 Å². The van der Waals surface area contributed by atoms with Crippen LogP contribution in [-0.4, -0.2) is 27.1 Å². The van der Waals surface area contributed by atoms with Gasteiger partial charge >= 0.3 is 0 Å². The molecule has 154 valence electrons. The number of aromatic nitrogens is 2. The van der Waals surface area contributed by atoms with E-state index in [0.717, 1.165) is 54.9 Å². The van der Waals surface area contributed by atoms with Gasteiger partial charge < -0.3 is 4.90 Å². The van der Waals surface area contributed by atoms with Crippen molar-refractivity contribution >= 4 is 5.91 Å². The zero-order valence-corrected chi connectivity index (χ0v) is 18.0. The molecule has 1 amide bonds. The molecule has 1 heterocycles. The summed E-state index contributed by atoms with van der Waals surface area (Å²) in [4.78, 5) is 15.0. The number of carbonyl (C=O) groups excluding carboxylic acids is 1. The van der Waals surface area contributed by atoms with Crippen LogP contribution in [0.15, 0.2) is 24.3 Å². The Morgan fingerprint density at radius 3 is 2.46 bits per heavy atom. The van der Waals surface area contributed by atoms with E-state index in [9.17, 15) is 9.18 Å². The van der Waals surface area contributed by atoms with Gasteiger partial charge in [-0.2, -0.15) is 5.10 Å². The van der Waals surface area contributed by atoms with E-state index >= 15 is 0 Å². The van der Waals surface area contributed by atoms with Crippen LogP contribution in [0.3, 0.4) is 0 Å². The third kappa shape index (κ3) is 6.18. The lowest BCUT2D eigenvalue weighted by molar-refractivity contribution is -0.131. The SMILES string of the molecule is CCCCCN(Cc1ccc(F)cc1)C(=O)Cc1c(C)nn(CC(C)C)c1C. The zero-order chi connectivity index (χ0) is 20.7. The number of hydrogen-bond acceptors (Lipinski definition) is 2. The highest BCUT2D eigenvalue weighted by Gasteiger charge is 2.20. The van der Waals surface area contributed by atoms with Crippen molar-refractivity contribution in [3.05, 3.63) is 52.6 Å². The minimum Gasteiger partial charge on any atom is -0.338 e. The van der Waals surface area contributed by atoms with Crippen LogP contribution in [0.5, 0.6) is 0 Å². The number of nitrogens with zero attached hydrogens (tertiary/aromatic N) is 3. The normalized spacial score (nSPS) is 11.2. The summed E-state index contributed by atoms with van der Waals surface area (Å²) >= 11 is 0. The highest BCUT2D eigenvalue weighted by atomic mass is 19.1. The molecule has 0 saturated carbocycles. The Labute approximate surface area is 168 Å². The maximum atomic E-state index is 13.2. The number of benzene rings is 1. The fraction of sp³-hybridized carbons (Fsp3) is 0.565. The summed E-state index contributed by atoms with van der Waals surface area (Å²) in [5.74, 6) is 0.359. The van der Waals surface area contributed by atoms with Crippen LogP contribution < -0.4 is 0 Å². The first-order valence-electron chi connectivity index (χ1n) is 10.4. The highest BCUT2D eigenvalue weighted by Crippen LogP contribution is 2.18. The number of halogens is 1. The van der Waals surface area contributed by atoms with E-state index in [1.807, 2.05) is 23.4 Å². The number of rotatable bonds is 10. The average molecular weight is 388 g/mol. The summed E-state index contributed by atoms with van der Waals surface area (Å²) in [6.45, 7) is 12.6. The van der Waals surface area contributed by atoms with Gasteiger partial charge in [-0.05, 0) is 43.9 Å². The molecule has 0 radical (unpaired) electrons. The van der Waals surface area contributed by atoms with E-state index < -0.39 is 0 Å². The second-order valence-electron chi connectivity index (χ2n) is 8.05. The lowest BCUT2D eigenvalue weighted by Crippen LogP contribution is -2.33. The Hall–Kier alpha value is -2.17. The molecule has 2 rings (SSSR count). The Bertz CT molecular complexity index is 765. The van der Waals surface area contributed by atoms with Crippen LogP contribution in [0, 0.1) is 25.6 Å². The summed E-state index contributed by atoms with van der Waals surface area (Å²) in [5.41, 5.74) is 4.00. The molecule has 0 saturated heterocycles. The molecule has 0 N–H and O–H groups in total. The predicted octanol–water partition coefficient (Wildman–Crippen LogP) is 5.06. The van der Waals surface area contributed by atoms with Gasteiger partial charge in [-0.1, -0.05) is 45.7 Å². The minimum atomic E-state index is -0.253. The van der Waals surface area contributed by atoms with Crippen molar-refractivity contribution < 1.29 is 9.18 Å². The Morgan fingerprint density at radius 1 is 1.18 bits per heavy atom. The first kappa shape index (κ1) is 22.1. The van der Waals surface area contributed by atoms with E-state index in [0.29, 0.717) is 18.9 Å². The van der Waals surface area contributed by atoms with Crippen LogP contribution in [0.1, 0.15) is 62.5 Å². The fourth-order valence-corrected chi connectivity index (χ4v) is 3.43. The van der Waals surface area contributed by atoms with Crippen molar-refractivity contribution in [3.63, 3.8) is 0 Å². The summed E-state index contributed by atoms with van der Waals surface area (Å²) in [6.07, 6.45) is 3.55. The van der Waals surface area contributed by atoms with Crippen LogP contribution >= 0.6 is 0 Å². The van der Waals surface area contributed by atoms with Gasteiger partial charge in [0.25, 0.3) is 0 Å². The summed E-state index contributed by atoms with van der Waals surface area (Å²) < 4.78 is 15.2. The summed E-state index contributed by atoms with van der Waals surface area (Å²) in [5, 5.41) is 4.64. The molecule has 0 aliphatic heterocycles. The third-order valence-corrected chi connectivity index (χ3v) is 5.07. The van der Waals surface area contributed by atoms with Crippen molar-refractivity contribution in [2.45, 2.75) is 73.4 Å². The molecule has 1 aromatic carbocycles. The predicted molar refractivity (Wildman–Crippen MR) is 112 cm³/mol. The van der Waals surface area contributed by atoms with Gasteiger partial charge in [0, 0.05) is 30.9 Å². The maximum Gasteiger partial charge on any atom is 0.227 e. The van der Waals surface area contributed by atoms with Gasteiger partial charge in [-0.15, -0.1) is 0 Å². The van der Waals surface area contributed by atoms with Gasteiger partial charge in [-0.3, -0.25) is 9.48 Å². The summed E-state index contributed by atoms with van der Waals surface area (Å²) in [7, 11) is 0. The Balaban J connectivity index is 2.15. The number of aryl methyl sites for hydroxylation is 1. The lowest BCUT2D eigenvalue weighted by Gasteiger charge is -2.23. The van der Waals surface area contributed by atoms with Crippen molar-refractivity contribution in [1.29, 1.82) is 0 Å². The number of carbonyl (C=O) groups is 1. The molecule has 28 heavy (non-hydrogen) atoms. The van der Waals surface area contributed by atoms with Crippen molar-refractivity contribution in [1.82, 2.24) is 14.7 Å². The lowest BCUT2D eigenvalue weighted by atomic mass is 10.1. The van der Waals surface area contributed by atoms with E-state index in [1.165, 1.54) is 12.1 Å². The average Bonchev–Trinajstić information content (AvgIpc) is 2.89. The Morgan fingerprint density at radius 2 is 1.86 bits per heavy atom. The number of hydrogen-bond donors (Lipinski definition) is 0. The Kier molecular flexibility index (Phi) is 8.21. The number of unbranched alkanes of at least 4 members (excludes halogenated alkanes) is 2. The van der Waals surface area contributed by atoms with Crippen LogP contribution in [0.2, 0.25) is 0 Å². The van der Waals surface area contributed by atoms with Crippen LogP contribution in [0.4, 0.5) is 4.39 Å². The second kappa shape index (κ2) is 10.4. The molecule has 1 aromatic heterocycles. The van der Waals surface area contributed by atoms with Gasteiger partial charge in [0.15, 0.2) is 0 Å².